The van der Waals surface area contributed by atoms with Crippen molar-refractivity contribution in [2.75, 3.05) is 6.61 Å². The fourth-order valence-electron chi connectivity index (χ4n) is 3.50. The summed E-state index contributed by atoms with van der Waals surface area (Å²) in [6, 6.07) is 4.41. The van der Waals surface area contributed by atoms with E-state index in [9.17, 15) is 17.6 Å². The van der Waals surface area contributed by atoms with Crippen molar-refractivity contribution in [1.29, 1.82) is 0 Å². The molecule has 160 valence electrons. The van der Waals surface area contributed by atoms with Crippen molar-refractivity contribution in [2.24, 2.45) is 11.7 Å². The number of ether oxygens (including phenoxy) is 1. The van der Waals surface area contributed by atoms with Gasteiger partial charge in [0.25, 0.3) is 6.43 Å². The molecule has 0 fully saturated rings. The van der Waals surface area contributed by atoms with Gasteiger partial charge in [-0.3, -0.25) is 9.97 Å². The van der Waals surface area contributed by atoms with E-state index in [-0.39, 0.29) is 46.0 Å². The van der Waals surface area contributed by atoms with Crippen molar-refractivity contribution in [1.82, 2.24) is 9.97 Å². The van der Waals surface area contributed by atoms with Gasteiger partial charge in [0.2, 0.25) is 0 Å². The Morgan fingerprint density at radius 3 is 2.53 bits per heavy atom. The monoisotopic (exact) mass is 421 g/mol. The first kappa shape index (κ1) is 22.0. The molecule has 0 saturated carbocycles. The SMILES string of the molecule is CC(COc1cnc(-c2ccnc3cc(F)cc(F)c23)cc1C(F)F)CC(C)(C)N. The summed E-state index contributed by atoms with van der Waals surface area (Å²) in [4.78, 5) is 8.14. The highest BCUT2D eigenvalue weighted by Gasteiger charge is 2.21. The lowest BCUT2D eigenvalue weighted by atomic mass is 9.93. The van der Waals surface area contributed by atoms with Crippen LogP contribution in [-0.2, 0) is 0 Å². The van der Waals surface area contributed by atoms with Gasteiger partial charge in [0.1, 0.15) is 17.4 Å². The van der Waals surface area contributed by atoms with Crippen LogP contribution in [-0.4, -0.2) is 22.1 Å². The number of halogens is 4. The van der Waals surface area contributed by atoms with Crippen LogP contribution in [0.15, 0.2) is 36.7 Å². The molecule has 1 unspecified atom stereocenters. The van der Waals surface area contributed by atoms with Crippen molar-refractivity contribution in [3.05, 3.63) is 53.9 Å². The van der Waals surface area contributed by atoms with E-state index in [1.807, 2.05) is 20.8 Å². The molecule has 1 aromatic carbocycles. The molecule has 0 spiro atoms. The van der Waals surface area contributed by atoms with Gasteiger partial charge in [-0.05, 0) is 38.3 Å². The van der Waals surface area contributed by atoms with E-state index in [2.05, 4.69) is 9.97 Å². The van der Waals surface area contributed by atoms with Crippen LogP contribution in [0.25, 0.3) is 22.2 Å². The third-order valence-electron chi connectivity index (χ3n) is 4.56. The molecule has 3 rings (SSSR count). The molecule has 2 heterocycles. The molecule has 0 aliphatic rings. The van der Waals surface area contributed by atoms with E-state index < -0.39 is 23.6 Å². The third-order valence-corrected chi connectivity index (χ3v) is 4.56. The first-order valence-corrected chi connectivity index (χ1v) is 9.49. The van der Waals surface area contributed by atoms with Gasteiger partial charge in [-0.25, -0.2) is 17.6 Å². The van der Waals surface area contributed by atoms with Crippen LogP contribution < -0.4 is 10.5 Å². The van der Waals surface area contributed by atoms with Crippen molar-refractivity contribution in [2.45, 2.75) is 39.2 Å². The first-order valence-electron chi connectivity index (χ1n) is 9.49. The van der Waals surface area contributed by atoms with Crippen LogP contribution in [0, 0.1) is 17.6 Å². The van der Waals surface area contributed by atoms with E-state index in [0.29, 0.717) is 6.42 Å². The number of aromatic nitrogens is 2. The second kappa shape index (κ2) is 8.55. The molecule has 3 aromatic rings. The van der Waals surface area contributed by atoms with Gasteiger partial charge >= 0.3 is 0 Å². The summed E-state index contributed by atoms with van der Waals surface area (Å²) in [5.74, 6) is -1.61. The fraction of sp³-hybridized carbons (Fsp3) is 0.364. The molecule has 0 radical (unpaired) electrons. The average Bonchev–Trinajstić information content (AvgIpc) is 2.64. The van der Waals surface area contributed by atoms with E-state index >= 15 is 0 Å². The summed E-state index contributed by atoms with van der Waals surface area (Å²) in [5.41, 5.74) is 5.66. The average molecular weight is 421 g/mol. The number of pyridine rings is 2. The van der Waals surface area contributed by atoms with Crippen molar-refractivity contribution in [3.63, 3.8) is 0 Å². The number of fused-ring (bicyclic) bond motifs is 1. The standard InChI is InChI=1S/C22H23F4N3O/c1-12(9-22(2,3)27)11-30-19-10-29-17(8-15(19)21(25)26)14-4-5-28-18-7-13(23)6-16(24)20(14)18/h4-8,10,12,21H,9,11,27H2,1-3H3. The first-order chi connectivity index (χ1) is 14.0. The van der Waals surface area contributed by atoms with Crippen LogP contribution in [0.3, 0.4) is 0 Å². The van der Waals surface area contributed by atoms with Crippen molar-refractivity contribution >= 4 is 10.9 Å². The molecule has 30 heavy (non-hydrogen) atoms. The Kier molecular flexibility index (Phi) is 6.26. The normalized spacial score (nSPS) is 13.1. The maximum Gasteiger partial charge on any atom is 0.267 e. The number of hydrogen-bond acceptors (Lipinski definition) is 4. The minimum Gasteiger partial charge on any atom is -0.491 e. The molecular weight excluding hydrogens is 398 g/mol. The zero-order valence-electron chi connectivity index (χ0n) is 16.9. The summed E-state index contributed by atoms with van der Waals surface area (Å²) < 4.78 is 60.9. The van der Waals surface area contributed by atoms with Crippen molar-refractivity contribution < 1.29 is 22.3 Å². The molecular formula is C22H23F4N3O. The Balaban J connectivity index is 1.96. The van der Waals surface area contributed by atoms with Gasteiger partial charge in [0.15, 0.2) is 0 Å². The van der Waals surface area contributed by atoms with Gasteiger partial charge in [0, 0.05) is 34.8 Å². The zero-order chi connectivity index (χ0) is 22.1. The molecule has 4 nitrogen and oxygen atoms in total. The second-order valence-corrected chi connectivity index (χ2v) is 8.16. The summed E-state index contributed by atoms with van der Waals surface area (Å²) in [6.07, 6.45) is 0.381. The predicted octanol–water partition coefficient (Wildman–Crippen LogP) is 5.65. The summed E-state index contributed by atoms with van der Waals surface area (Å²) in [7, 11) is 0. The Morgan fingerprint density at radius 2 is 1.87 bits per heavy atom. The lowest BCUT2D eigenvalue weighted by Crippen LogP contribution is -2.35. The van der Waals surface area contributed by atoms with E-state index in [4.69, 9.17) is 10.5 Å². The number of hydrogen-bond donors (Lipinski definition) is 1. The van der Waals surface area contributed by atoms with Gasteiger partial charge in [-0.15, -0.1) is 0 Å². The number of nitrogens with two attached hydrogens (primary N) is 1. The largest absolute Gasteiger partial charge is 0.491 e. The van der Waals surface area contributed by atoms with E-state index in [0.717, 1.165) is 18.2 Å². The third kappa shape index (κ3) is 5.05. The Labute approximate surface area is 172 Å². The highest BCUT2D eigenvalue weighted by molar-refractivity contribution is 5.94. The van der Waals surface area contributed by atoms with Crippen LogP contribution in [0.4, 0.5) is 17.6 Å². The Bertz CT molecular complexity index is 1050. The Morgan fingerprint density at radius 1 is 1.13 bits per heavy atom. The lowest BCUT2D eigenvalue weighted by molar-refractivity contribution is 0.142. The second-order valence-electron chi connectivity index (χ2n) is 8.16. The van der Waals surface area contributed by atoms with E-state index in [1.165, 1.54) is 18.5 Å². The molecule has 0 aliphatic heterocycles. The zero-order valence-corrected chi connectivity index (χ0v) is 16.9. The number of nitrogens with zero attached hydrogens (tertiary/aromatic N) is 2. The van der Waals surface area contributed by atoms with Gasteiger partial charge in [0.05, 0.1) is 29.6 Å². The molecule has 8 heteroatoms. The van der Waals surface area contributed by atoms with Gasteiger partial charge < -0.3 is 10.5 Å². The summed E-state index contributed by atoms with van der Waals surface area (Å²) >= 11 is 0. The number of alkyl halides is 2. The quantitative estimate of drug-likeness (QED) is 0.501. The van der Waals surface area contributed by atoms with Crippen molar-refractivity contribution in [3.8, 4) is 17.0 Å². The predicted molar refractivity (Wildman–Crippen MR) is 107 cm³/mol. The molecule has 0 amide bonds. The van der Waals surface area contributed by atoms with Crippen LogP contribution in [0.1, 0.15) is 39.2 Å². The summed E-state index contributed by atoms with van der Waals surface area (Å²) in [6.45, 7) is 5.89. The molecule has 0 saturated heterocycles. The minimum absolute atomic E-state index is 0.0130. The van der Waals surface area contributed by atoms with Crippen LogP contribution in [0.5, 0.6) is 5.75 Å². The minimum atomic E-state index is -2.82. The maximum atomic E-state index is 14.4. The topological polar surface area (TPSA) is 61.0 Å². The lowest BCUT2D eigenvalue weighted by Gasteiger charge is -2.23. The molecule has 0 bridgehead atoms. The Hall–Kier alpha value is -2.74. The van der Waals surface area contributed by atoms with Gasteiger partial charge in [-0.1, -0.05) is 6.92 Å². The molecule has 1 atom stereocenters. The fourth-order valence-corrected chi connectivity index (χ4v) is 3.50. The highest BCUT2D eigenvalue weighted by Crippen LogP contribution is 2.35. The van der Waals surface area contributed by atoms with E-state index in [1.54, 1.807) is 0 Å². The number of benzene rings is 1. The van der Waals surface area contributed by atoms with Crippen LogP contribution in [0.2, 0.25) is 0 Å². The smallest absolute Gasteiger partial charge is 0.267 e. The maximum absolute atomic E-state index is 14.4. The highest BCUT2D eigenvalue weighted by atomic mass is 19.3. The number of rotatable bonds is 7. The summed E-state index contributed by atoms with van der Waals surface area (Å²) in [5, 5.41) is 0.0130. The van der Waals surface area contributed by atoms with Crippen LogP contribution >= 0.6 is 0 Å². The molecule has 2 N–H and O–H groups in total. The van der Waals surface area contributed by atoms with Gasteiger partial charge in [-0.2, -0.15) is 0 Å². The molecule has 2 aromatic heterocycles. The molecule has 0 aliphatic carbocycles.